The smallest absolute Gasteiger partial charge is 0.232 e. The van der Waals surface area contributed by atoms with Crippen molar-refractivity contribution in [2.45, 2.75) is 32.2 Å². The molecule has 1 amide bonds. The Morgan fingerprint density at radius 2 is 1.95 bits per heavy atom. The minimum atomic E-state index is -0.446. The van der Waals surface area contributed by atoms with Gasteiger partial charge >= 0.3 is 0 Å². The van der Waals surface area contributed by atoms with E-state index >= 15 is 0 Å². The number of rotatable bonds is 2. The van der Waals surface area contributed by atoms with E-state index in [1.165, 1.54) is 0 Å². The van der Waals surface area contributed by atoms with Crippen LogP contribution in [0.15, 0.2) is 30.3 Å². The second-order valence-corrected chi connectivity index (χ2v) is 5.60. The summed E-state index contributed by atoms with van der Waals surface area (Å²) in [7, 11) is 0. The molecule has 1 aromatic rings. The molecule has 106 valence electrons. The molecule has 4 heteroatoms. The molecular formula is C15H23ClN2O. The summed E-state index contributed by atoms with van der Waals surface area (Å²) < 4.78 is 0. The summed E-state index contributed by atoms with van der Waals surface area (Å²) in [6, 6.07) is 10.4. The monoisotopic (exact) mass is 282 g/mol. The first-order chi connectivity index (χ1) is 8.51. The van der Waals surface area contributed by atoms with Crippen molar-refractivity contribution in [3.63, 3.8) is 0 Å². The van der Waals surface area contributed by atoms with Crippen LogP contribution in [-0.2, 0) is 10.2 Å². The number of halogens is 1. The third kappa shape index (κ3) is 3.48. The summed E-state index contributed by atoms with van der Waals surface area (Å²) in [6.45, 7) is 8.63. The summed E-state index contributed by atoms with van der Waals surface area (Å²) in [4.78, 5) is 14.6. The molecular weight excluding hydrogens is 260 g/mol. The molecule has 0 spiro atoms. The molecule has 1 unspecified atom stereocenters. The quantitative estimate of drug-likeness (QED) is 0.902. The zero-order valence-electron chi connectivity index (χ0n) is 11.8. The van der Waals surface area contributed by atoms with Crippen LogP contribution in [0, 0.1) is 0 Å². The Bertz CT molecular complexity index is 419. The topological polar surface area (TPSA) is 32.3 Å². The van der Waals surface area contributed by atoms with Crippen molar-refractivity contribution in [3.05, 3.63) is 35.9 Å². The van der Waals surface area contributed by atoms with E-state index in [0.29, 0.717) is 6.04 Å². The lowest BCUT2D eigenvalue weighted by Crippen LogP contribution is -2.55. The van der Waals surface area contributed by atoms with E-state index in [1.54, 1.807) is 0 Å². The molecule has 0 aliphatic carbocycles. The van der Waals surface area contributed by atoms with Crippen LogP contribution in [0.5, 0.6) is 0 Å². The Kier molecular flexibility index (Phi) is 5.39. The summed E-state index contributed by atoms with van der Waals surface area (Å²) in [5.41, 5.74) is 0.638. The maximum absolute atomic E-state index is 12.7. The van der Waals surface area contributed by atoms with Crippen molar-refractivity contribution >= 4 is 18.3 Å². The van der Waals surface area contributed by atoms with Crippen molar-refractivity contribution in [2.75, 3.05) is 19.6 Å². The van der Waals surface area contributed by atoms with Gasteiger partial charge in [0.15, 0.2) is 0 Å². The highest BCUT2D eigenvalue weighted by atomic mass is 35.5. The Balaban J connectivity index is 0.00000180. The molecule has 2 rings (SSSR count). The van der Waals surface area contributed by atoms with Crippen LogP contribution < -0.4 is 5.32 Å². The molecule has 3 nitrogen and oxygen atoms in total. The lowest BCUT2D eigenvalue weighted by molar-refractivity contribution is -0.137. The molecule has 1 aliphatic heterocycles. The third-order valence-corrected chi connectivity index (χ3v) is 3.69. The Hall–Kier alpha value is -1.06. The minimum absolute atomic E-state index is 0. The lowest BCUT2D eigenvalue weighted by Gasteiger charge is -2.37. The first kappa shape index (κ1) is 16.0. The fraction of sp³-hybridized carbons (Fsp3) is 0.533. The van der Waals surface area contributed by atoms with Gasteiger partial charge in [-0.25, -0.2) is 0 Å². The standard InChI is InChI=1S/C15H22N2O.ClH/c1-12-11-17(10-9-16-12)14(18)15(2,3)13-7-5-4-6-8-13;/h4-8,12,16H,9-11H2,1-3H3;1H. The van der Waals surface area contributed by atoms with Crippen molar-refractivity contribution in [1.29, 1.82) is 0 Å². The van der Waals surface area contributed by atoms with Crippen LogP contribution in [0.3, 0.4) is 0 Å². The maximum atomic E-state index is 12.7. The van der Waals surface area contributed by atoms with Gasteiger partial charge in [0, 0.05) is 25.7 Å². The zero-order valence-corrected chi connectivity index (χ0v) is 12.7. The van der Waals surface area contributed by atoms with Crippen LogP contribution in [-0.4, -0.2) is 36.5 Å². The average Bonchev–Trinajstić information content (AvgIpc) is 2.39. The van der Waals surface area contributed by atoms with Gasteiger partial charge < -0.3 is 10.2 Å². The number of carbonyl (C=O) groups excluding carboxylic acids is 1. The van der Waals surface area contributed by atoms with Crippen LogP contribution >= 0.6 is 12.4 Å². The molecule has 0 saturated carbocycles. The number of carbonyl (C=O) groups is 1. The number of hydrogen-bond acceptors (Lipinski definition) is 2. The molecule has 1 N–H and O–H groups in total. The van der Waals surface area contributed by atoms with E-state index in [1.807, 2.05) is 49.1 Å². The van der Waals surface area contributed by atoms with Crippen LogP contribution in [0.4, 0.5) is 0 Å². The van der Waals surface area contributed by atoms with Gasteiger partial charge in [0.2, 0.25) is 5.91 Å². The molecule has 1 fully saturated rings. The van der Waals surface area contributed by atoms with Crippen LogP contribution in [0.25, 0.3) is 0 Å². The highest BCUT2D eigenvalue weighted by Gasteiger charge is 2.34. The number of benzene rings is 1. The van der Waals surface area contributed by atoms with Gasteiger partial charge in [0.1, 0.15) is 0 Å². The van der Waals surface area contributed by atoms with Gasteiger partial charge in [-0.15, -0.1) is 12.4 Å². The van der Waals surface area contributed by atoms with E-state index in [9.17, 15) is 4.79 Å². The molecule has 1 heterocycles. The predicted molar refractivity (Wildman–Crippen MR) is 80.8 cm³/mol. The van der Waals surface area contributed by atoms with Crippen molar-refractivity contribution in [3.8, 4) is 0 Å². The van der Waals surface area contributed by atoms with E-state index in [0.717, 1.165) is 25.2 Å². The molecule has 0 bridgehead atoms. The number of piperazine rings is 1. The fourth-order valence-electron chi connectivity index (χ4n) is 2.49. The average molecular weight is 283 g/mol. The van der Waals surface area contributed by atoms with Crippen LogP contribution in [0.1, 0.15) is 26.3 Å². The highest BCUT2D eigenvalue weighted by Crippen LogP contribution is 2.25. The fourth-order valence-corrected chi connectivity index (χ4v) is 2.49. The van der Waals surface area contributed by atoms with Gasteiger partial charge in [0.25, 0.3) is 0 Å². The van der Waals surface area contributed by atoms with E-state index in [4.69, 9.17) is 0 Å². The molecule has 0 aromatic heterocycles. The first-order valence-electron chi connectivity index (χ1n) is 6.60. The van der Waals surface area contributed by atoms with Gasteiger partial charge in [-0.3, -0.25) is 4.79 Å². The maximum Gasteiger partial charge on any atom is 0.232 e. The van der Waals surface area contributed by atoms with Gasteiger partial charge in [0.05, 0.1) is 5.41 Å². The highest BCUT2D eigenvalue weighted by molar-refractivity contribution is 5.87. The van der Waals surface area contributed by atoms with Gasteiger partial charge in [-0.1, -0.05) is 30.3 Å². The Morgan fingerprint density at radius 1 is 1.32 bits per heavy atom. The molecule has 1 aromatic carbocycles. The van der Waals surface area contributed by atoms with E-state index < -0.39 is 5.41 Å². The molecule has 1 saturated heterocycles. The summed E-state index contributed by atoms with van der Waals surface area (Å²) in [5, 5.41) is 3.36. The second kappa shape index (κ2) is 6.40. The van der Waals surface area contributed by atoms with Gasteiger partial charge in [-0.2, -0.15) is 0 Å². The molecule has 1 aliphatic rings. The van der Waals surface area contributed by atoms with E-state index in [2.05, 4.69) is 12.2 Å². The van der Waals surface area contributed by atoms with Crippen molar-refractivity contribution < 1.29 is 4.79 Å². The number of amides is 1. The summed E-state index contributed by atoms with van der Waals surface area (Å²) >= 11 is 0. The summed E-state index contributed by atoms with van der Waals surface area (Å²) in [6.07, 6.45) is 0. The Morgan fingerprint density at radius 3 is 2.53 bits per heavy atom. The van der Waals surface area contributed by atoms with Crippen molar-refractivity contribution in [2.24, 2.45) is 0 Å². The molecule has 1 atom stereocenters. The van der Waals surface area contributed by atoms with Crippen molar-refractivity contribution in [1.82, 2.24) is 10.2 Å². The predicted octanol–water partition coefficient (Wildman–Crippen LogP) is 2.21. The number of hydrogen-bond donors (Lipinski definition) is 1. The number of nitrogens with one attached hydrogen (secondary N) is 1. The SMILES string of the molecule is CC1CN(C(=O)C(C)(C)c2ccccc2)CCN1.Cl. The largest absolute Gasteiger partial charge is 0.339 e. The number of nitrogens with zero attached hydrogens (tertiary/aromatic N) is 1. The zero-order chi connectivity index (χ0) is 13.2. The third-order valence-electron chi connectivity index (χ3n) is 3.69. The van der Waals surface area contributed by atoms with Gasteiger partial charge in [-0.05, 0) is 26.3 Å². The van der Waals surface area contributed by atoms with E-state index in [-0.39, 0.29) is 18.3 Å². The van der Waals surface area contributed by atoms with Crippen LogP contribution in [0.2, 0.25) is 0 Å². The second-order valence-electron chi connectivity index (χ2n) is 5.60. The first-order valence-corrected chi connectivity index (χ1v) is 6.60. The summed E-state index contributed by atoms with van der Waals surface area (Å²) in [5.74, 6) is 0.224. The molecule has 0 radical (unpaired) electrons. The normalized spacial score (nSPS) is 19.7. The Labute approximate surface area is 121 Å². The lowest BCUT2D eigenvalue weighted by atomic mass is 9.83. The minimum Gasteiger partial charge on any atom is -0.339 e. The molecule has 19 heavy (non-hydrogen) atoms.